The first-order valence-corrected chi connectivity index (χ1v) is 6.56. The maximum atomic E-state index is 9.31. The van der Waals surface area contributed by atoms with Crippen LogP contribution in [0.3, 0.4) is 0 Å². The van der Waals surface area contributed by atoms with Crippen molar-refractivity contribution in [2.75, 3.05) is 19.8 Å². The predicted molar refractivity (Wildman–Crippen MR) is 67.9 cm³/mol. The summed E-state index contributed by atoms with van der Waals surface area (Å²) in [6, 6.07) is 0.299. The minimum atomic E-state index is -0.599. The Morgan fingerprint density at radius 2 is 1.94 bits per heavy atom. The number of aliphatic hydroxyl groups is 2. The molecule has 0 aromatic heterocycles. The van der Waals surface area contributed by atoms with Gasteiger partial charge >= 0.3 is 0 Å². The molecule has 1 fully saturated rings. The van der Waals surface area contributed by atoms with Crippen LogP contribution in [0.1, 0.15) is 40.5 Å². The average molecular weight is 245 g/mol. The summed E-state index contributed by atoms with van der Waals surface area (Å²) in [5, 5.41) is 22.0. The third-order valence-corrected chi connectivity index (χ3v) is 4.33. The van der Waals surface area contributed by atoms with Crippen LogP contribution >= 0.6 is 0 Å². The van der Waals surface area contributed by atoms with Gasteiger partial charge in [0.2, 0.25) is 0 Å². The SMILES string of the molecule is CCOC1CC(NC(C)(CO)CO)C1(C)CC. The topological polar surface area (TPSA) is 61.7 Å². The predicted octanol–water partition coefficient (Wildman–Crippen LogP) is 0.913. The van der Waals surface area contributed by atoms with Gasteiger partial charge in [0.25, 0.3) is 0 Å². The van der Waals surface area contributed by atoms with E-state index in [1.807, 2.05) is 13.8 Å². The quantitative estimate of drug-likeness (QED) is 0.624. The molecule has 1 rings (SSSR count). The molecule has 3 unspecified atom stereocenters. The molecular weight excluding hydrogens is 218 g/mol. The van der Waals surface area contributed by atoms with Crippen LogP contribution in [0.15, 0.2) is 0 Å². The summed E-state index contributed by atoms with van der Waals surface area (Å²) in [5.41, 5.74) is -0.500. The van der Waals surface area contributed by atoms with Crippen molar-refractivity contribution in [2.45, 2.75) is 58.2 Å². The molecule has 0 amide bonds. The first kappa shape index (κ1) is 14.9. The Balaban J connectivity index is 2.62. The van der Waals surface area contributed by atoms with E-state index in [1.54, 1.807) is 0 Å². The Morgan fingerprint density at radius 1 is 1.35 bits per heavy atom. The zero-order chi connectivity index (χ0) is 13.1. The summed E-state index contributed by atoms with van der Waals surface area (Å²) >= 11 is 0. The van der Waals surface area contributed by atoms with Crippen LogP contribution in [0.2, 0.25) is 0 Å². The van der Waals surface area contributed by atoms with Crippen LogP contribution in [0.4, 0.5) is 0 Å². The molecule has 102 valence electrons. The van der Waals surface area contributed by atoms with E-state index >= 15 is 0 Å². The molecule has 3 N–H and O–H groups in total. The second kappa shape index (κ2) is 5.65. The van der Waals surface area contributed by atoms with E-state index in [0.29, 0.717) is 6.04 Å². The normalized spacial score (nSPS) is 33.5. The maximum Gasteiger partial charge on any atom is 0.0658 e. The lowest BCUT2D eigenvalue weighted by Gasteiger charge is -2.55. The average Bonchev–Trinajstić information content (AvgIpc) is 2.36. The molecule has 1 aliphatic carbocycles. The van der Waals surface area contributed by atoms with Crippen molar-refractivity contribution in [3.8, 4) is 0 Å². The third kappa shape index (κ3) is 2.81. The van der Waals surface area contributed by atoms with Gasteiger partial charge < -0.3 is 20.3 Å². The molecule has 0 aliphatic heterocycles. The molecule has 0 aromatic carbocycles. The molecule has 1 saturated carbocycles. The van der Waals surface area contributed by atoms with Gasteiger partial charge in [0, 0.05) is 18.1 Å². The highest BCUT2D eigenvalue weighted by atomic mass is 16.5. The van der Waals surface area contributed by atoms with Crippen LogP contribution < -0.4 is 5.32 Å². The fourth-order valence-electron chi connectivity index (χ4n) is 2.54. The Kier molecular flexibility index (Phi) is 4.95. The molecule has 0 saturated heterocycles. The minimum Gasteiger partial charge on any atom is -0.394 e. The van der Waals surface area contributed by atoms with Crippen molar-refractivity contribution in [3.63, 3.8) is 0 Å². The lowest BCUT2D eigenvalue weighted by Crippen LogP contribution is -2.68. The number of hydrogen-bond donors (Lipinski definition) is 3. The fraction of sp³-hybridized carbons (Fsp3) is 1.00. The lowest BCUT2D eigenvalue weighted by molar-refractivity contribution is -0.135. The third-order valence-electron chi connectivity index (χ3n) is 4.33. The first-order chi connectivity index (χ1) is 7.95. The number of hydrogen-bond acceptors (Lipinski definition) is 4. The Labute approximate surface area is 104 Å². The van der Waals surface area contributed by atoms with Crippen molar-refractivity contribution >= 4 is 0 Å². The summed E-state index contributed by atoms with van der Waals surface area (Å²) in [5.74, 6) is 0. The fourth-order valence-corrected chi connectivity index (χ4v) is 2.54. The van der Waals surface area contributed by atoms with Crippen LogP contribution in [-0.2, 0) is 4.74 Å². The number of aliphatic hydroxyl groups excluding tert-OH is 2. The van der Waals surface area contributed by atoms with E-state index in [0.717, 1.165) is 19.4 Å². The van der Waals surface area contributed by atoms with Gasteiger partial charge in [-0.05, 0) is 26.7 Å². The molecule has 17 heavy (non-hydrogen) atoms. The van der Waals surface area contributed by atoms with Crippen molar-refractivity contribution in [1.82, 2.24) is 5.32 Å². The van der Waals surface area contributed by atoms with E-state index in [2.05, 4.69) is 19.2 Å². The van der Waals surface area contributed by atoms with Crippen molar-refractivity contribution < 1.29 is 14.9 Å². The molecule has 3 atom stereocenters. The van der Waals surface area contributed by atoms with E-state index < -0.39 is 5.54 Å². The standard InChI is InChI=1S/C13H27NO3/c1-5-13(4)10(7-11(13)17-6-2)14-12(3,8-15)9-16/h10-11,14-16H,5-9H2,1-4H3. The Hall–Kier alpha value is -0.160. The van der Waals surface area contributed by atoms with Gasteiger partial charge in [0.15, 0.2) is 0 Å². The molecule has 4 nitrogen and oxygen atoms in total. The van der Waals surface area contributed by atoms with Gasteiger partial charge in [-0.2, -0.15) is 0 Å². The monoisotopic (exact) mass is 245 g/mol. The lowest BCUT2D eigenvalue weighted by atomic mass is 9.61. The van der Waals surface area contributed by atoms with Gasteiger partial charge in [0.1, 0.15) is 0 Å². The molecule has 0 aromatic rings. The van der Waals surface area contributed by atoms with Gasteiger partial charge in [-0.1, -0.05) is 13.8 Å². The highest BCUT2D eigenvalue weighted by molar-refractivity contribution is 5.07. The van der Waals surface area contributed by atoms with Gasteiger partial charge in [-0.3, -0.25) is 0 Å². The minimum absolute atomic E-state index is 0.0565. The maximum absolute atomic E-state index is 9.31. The van der Waals surface area contributed by atoms with Crippen LogP contribution in [0, 0.1) is 5.41 Å². The van der Waals surface area contributed by atoms with Crippen molar-refractivity contribution in [3.05, 3.63) is 0 Å². The van der Waals surface area contributed by atoms with Crippen LogP contribution in [0.5, 0.6) is 0 Å². The van der Waals surface area contributed by atoms with Crippen LogP contribution in [0.25, 0.3) is 0 Å². The van der Waals surface area contributed by atoms with Gasteiger partial charge in [-0.15, -0.1) is 0 Å². The molecular formula is C13H27NO3. The van der Waals surface area contributed by atoms with Gasteiger partial charge in [-0.25, -0.2) is 0 Å². The van der Waals surface area contributed by atoms with E-state index in [1.165, 1.54) is 0 Å². The smallest absolute Gasteiger partial charge is 0.0658 e. The first-order valence-electron chi connectivity index (χ1n) is 6.56. The van der Waals surface area contributed by atoms with E-state index in [-0.39, 0.29) is 24.7 Å². The summed E-state index contributed by atoms with van der Waals surface area (Å²) in [6.45, 7) is 8.86. The zero-order valence-corrected chi connectivity index (χ0v) is 11.5. The highest BCUT2D eigenvalue weighted by Gasteiger charge is 2.52. The zero-order valence-electron chi connectivity index (χ0n) is 11.5. The summed E-state index contributed by atoms with van der Waals surface area (Å²) in [6.07, 6.45) is 2.27. The number of ether oxygens (including phenoxy) is 1. The van der Waals surface area contributed by atoms with E-state index in [9.17, 15) is 10.2 Å². The molecule has 4 heteroatoms. The highest BCUT2D eigenvalue weighted by Crippen LogP contribution is 2.46. The number of rotatable bonds is 7. The summed E-state index contributed by atoms with van der Waals surface area (Å²) in [7, 11) is 0. The van der Waals surface area contributed by atoms with Crippen LogP contribution in [-0.4, -0.2) is 47.7 Å². The summed E-state index contributed by atoms with van der Waals surface area (Å²) in [4.78, 5) is 0. The van der Waals surface area contributed by atoms with Crippen molar-refractivity contribution in [1.29, 1.82) is 0 Å². The summed E-state index contributed by atoms with van der Waals surface area (Å²) < 4.78 is 5.73. The second-order valence-electron chi connectivity index (χ2n) is 5.61. The Bertz CT molecular complexity index is 243. The Morgan fingerprint density at radius 3 is 2.35 bits per heavy atom. The molecule has 0 heterocycles. The molecule has 1 aliphatic rings. The largest absolute Gasteiger partial charge is 0.394 e. The van der Waals surface area contributed by atoms with E-state index in [4.69, 9.17) is 4.74 Å². The molecule has 0 bridgehead atoms. The second-order valence-corrected chi connectivity index (χ2v) is 5.61. The van der Waals surface area contributed by atoms with Gasteiger partial charge in [0.05, 0.1) is 24.9 Å². The molecule has 0 radical (unpaired) electrons. The number of nitrogens with one attached hydrogen (secondary N) is 1. The van der Waals surface area contributed by atoms with Crippen molar-refractivity contribution in [2.24, 2.45) is 5.41 Å². The molecule has 0 spiro atoms.